The number of carbonyl (C=O) groups is 1. The van der Waals surface area contributed by atoms with Crippen molar-refractivity contribution in [1.29, 1.82) is 0 Å². The molecule has 0 bridgehead atoms. The lowest BCUT2D eigenvalue weighted by Gasteiger charge is -2.11. The molecule has 5 nitrogen and oxygen atoms in total. The number of carbonyl (C=O) groups excluding carboxylic acids is 1. The Hall–Kier alpha value is -3.80. The molecule has 31 heavy (non-hydrogen) atoms. The Morgan fingerprint density at radius 3 is 2.90 bits per heavy atom. The fourth-order valence-corrected chi connectivity index (χ4v) is 3.42. The molecule has 0 unspecified atom stereocenters. The van der Waals surface area contributed by atoms with Gasteiger partial charge in [0.25, 0.3) is 0 Å². The van der Waals surface area contributed by atoms with Crippen molar-refractivity contribution >= 4 is 41.1 Å². The van der Waals surface area contributed by atoms with Gasteiger partial charge in [0.05, 0.1) is 5.69 Å². The zero-order valence-electron chi connectivity index (χ0n) is 17.4. The first-order chi connectivity index (χ1) is 15.0. The number of benzene rings is 2. The fourth-order valence-electron chi connectivity index (χ4n) is 3.42. The van der Waals surface area contributed by atoms with E-state index in [9.17, 15) is 9.18 Å². The summed E-state index contributed by atoms with van der Waals surface area (Å²) in [4.78, 5) is 20.2. The summed E-state index contributed by atoms with van der Waals surface area (Å²) < 4.78 is 14.9. The van der Waals surface area contributed by atoms with E-state index in [2.05, 4.69) is 20.6 Å². The number of nitrogens with one attached hydrogen (secondary N) is 2. The molecule has 0 saturated heterocycles. The third-order valence-corrected chi connectivity index (χ3v) is 5.00. The quantitative estimate of drug-likeness (QED) is 0.460. The summed E-state index contributed by atoms with van der Waals surface area (Å²) in [6.07, 6.45) is 8.11. The van der Waals surface area contributed by atoms with Crippen molar-refractivity contribution in [2.45, 2.75) is 26.7 Å². The molecule has 0 amide bonds. The van der Waals surface area contributed by atoms with Crippen LogP contribution in [0.2, 0.25) is 0 Å². The Bertz CT molecular complexity index is 1200. The van der Waals surface area contributed by atoms with Gasteiger partial charge < -0.3 is 10.6 Å². The van der Waals surface area contributed by atoms with Gasteiger partial charge >= 0.3 is 0 Å². The molecule has 0 fully saturated rings. The third-order valence-electron chi connectivity index (χ3n) is 5.00. The van der Waals surface area contributed by atoms with E-state index in [1.54, 1.807) is 30.5 Å². The molecular formula is C25H23FN4O. The molecule has 1 aliphatic rings. The summed E-state index contributed by atoms with van der Waals surface area (Å²) in [5.74, 6) is 0.668. The second-order valence-electron chi connectivity index (χ2n) is 7.46. The van der Waals surface area contributed by atoms with Gasteiger partial charge in [-0.1, -0.05) is 42.8 Å². The van der Waals surface area contributed by atoms with Gasteiger partial charge in [0.1, 0.15) is 5.82 Å². The monoisotopic (exact) mass is 414 g/mol. The Kier molecular flexibility index (Phi) is 5.89. The van der Waals surface area contributed by atoms with Crippen LogP contribution in [-0.4, -0.2) is 15.8 Å². The smallest absolute Gasteiger partial charge is 0.229 e. The number of hydrogen-bond donors (Lipinski definition) is 2. The van der Waals surface area contributed by atoms with Gasteiger partial charge in [-0.3, -0.25) is 4.79 Å². The molecule has 1 aromatic heterocycles. The molecular weight excluding hydrogens is 391 g/mol. The number of aromatic nitrogens is 2. The van der Waals surface area contributed by atoms with Crippen molar-refractivity contribution in [2.75, 3.05) is 10.6 Å². The first-order valence-electron chi connectivity index (χ1n) is 10.2. The summed E-state index contributed by atoms with van der Waals surface area (Å²) in [6.45, 7) is 3.83. The summed E-state index contributed by atoms with van der Waals surface area (Å²) in [5.41, 5.74) is 4.84. The van der Waals surface area contributed by atoms with Crippen LogP contribution in [-0.2, 0) is 11.2 Å². The van der Waals surface area contributed by atoms with Crippen molar-refractivity contribution in [2.24, 2.45) is 0 Å². The first kappa shape index (κ1) is 20.5. The van der Waals surface area contributed by atoms with Gasteiger partial charge in [-0.15, -0.1) is 0 Å². The highest BCUT2D eigenvalue weighted by atomic mass is 19.1. The van der Waals surface area contributed by atoms with Crippen LogP contribution in [0.1, 0.15) is 37.0 Å². The highest BCUT2D eigenvalue weighted by Crippen LogP contribution is 2.32. The largest absolute Gasteiger partial charge is 0.338 e. The van der Waals surface area contributed by atoms with Crippen LogP contribution in [0.5, 0.6) is 0 Å². The highest BCUT2D eigenvalue weighted by Gasteiger charge is 2.17. The number of nitrogens with zero attached hydrogens (tertiary/aromatic N) is 2. The summed E-state index contributed by atoms with van der Waals surface area (Å²) >= 11 is 0. The van der Waals surface area contributed by atoms with Crippen molar-refractivity contribution in [3.8, 4) is 0 Å². The van der Waals surface area contributed by atoms with Gasteiger partial charge in [-0.05, 0) is 54.8 Å². The maximum absolute atomic E-state index is 14.9. The second-order valence-corrected chi connectivity index (χ2v) is 7.46. The Balaban J connectivity index is 1.51. The van der Waals surface area contributed by atoms with Crippen LogP contribution in [0.15, 0.2) is 60.3 Å². The number of hydrogen-bond acceptors (Lipinski definition) is 5. The second kappa shape index (κ2) is 8.92. The van der Waals surface area contributed by atoms with Gasteiger partial charge in [-0.2, -0.15) is 4.98 Å². The van der Waals surface area contributed by atoms with Crippen molar-refractivity contribution in [3.63, 3.8) is 0 Å². The molecule has 2 N–H and O–H groups in total. The zero-order chi connectivity index (χ0) is 21.8. The van der Waals surface area contributed by atoms with Crippen LogP contribution in [0.25, 0.3) is 12.2 Å². The average molecular weight is 414 g/mol. The van der Waals surface area contributed by atoms with E-state index in [0.717, 1.165) is 28.8 Å². The van der Waals surface area contributed by atoms with Crippen LogP contribution in [0.4, 0.5) is 27.5 Å². The SMILES string of the molecule is CCC(=O)/C=C/c1cccc(Nc2nccc(Nc3ccc4c(c3F)C=C(C)C4)n2)c1. The maximum atomic E-state index is 14.9. The van der Waals surface area contributed by atoms with Crippen LogP contribution in [0.3, 0.4) is 0 Å². The van der Waals surface area contributed by atoms with Crippen LogP contribution in [0, 0.1) is 5.82 Å². The number of rotatable bonds is 7. The van der Waals surface area contributed by atoms with E-state index < -0.39 is 0 Å². The number of allylic oxidation sites excluding steroid dienone is 2. The molecule has 0 aliphatic heterocycles. The topological polar surface area (TPSA) is 66.9 Å². The Morgan fingerprint density at radius 2 is 2.06 bits per heavy atom. The normalized spacial score (nSPS) is 12.5. The fraction of sp³-hybridized carbons (Fsp3) is 0.160. The third kappa shape index (κ3) is 4.86. The van der Waals surface area contributed by atoms with E-state index >= 15 is 0 Å². The minimum Gasteiger partial charge on any atom is -0.338 e. The van der Waals surface area contributed by atoms with Gasteiger partial charge in [0.15, 0.2) is 11.6 Å². The van der Waals surface area contributed by atoms with E-state index in [4.69, 9.17) is 0 Å². The van der Waals surface area contributed by atoms with Crippen molar-refractivity contribution < 1.29 is 9.18 Å². The van der Waals surface area contributed by atoms with Crippen molar-refractivity contribution in [3.05, 3.63) is 82.8 Å². The number of ketones is 1. The molecule has 2 aromatic carbocycles. The molecule has 0 atom stereocenters. The summed E-state index contributed by atoms with van der Waals surface area (Å²) in [5, 5.41) is 6.20. The molecule has 1 aliphatic carbocycles. The minimum atomic E-state index is -0.274. The average Bonchev–Trinajstić information content (AvgIpc) is 3.16. The molecule has 0 radical (unpaired) electrons. The summed E-state index contributed by atoms with van der Waals surface area (Å²) in [6, 6.07) is 13.0. The lowest BCUT2D eigenvalue weighted by molar-refractivity contribution is -0.114. The molecule has 6 heteroatoms. The minimum absolute atomic E-state index is 0.0740. The van der Waals surface area contributed by atoms with E-state index in [1.165, 1.54) is 0 Å². The predicted octanol–water partition coefficient (Wildman–Crippen LogP) is 6.05. The Labute approximate surface area is 180 Å². The lowest BCUT2D eigenvalue weighted by atomic mass is 10.1. The predicted molar refractivity (Wildman–Crippen MR) is 123 cm³/mol. The molecule has 3 aromatic rings. The molecule has 0 saturated carbocycles. The van der Waals surface area contributed by atoms with Crippen LogP contribution >= 0.6 is 0 Å². The zero-order valence-corrected chi connectivity index (χ0v) is 17.4. The maximum Gasteiger partial charge on any atom is 0.229 e. The molecule has 0 spiro atoms. The molecule has 156 valence electrons. The number of fused-ring (bicyclic) bond motifs is 1. The number of anilines is 4. The van der Waals surface area contributed by atoms with Crippen molar-refractivity contribution in [1.82, 2.24) is 9.97 Å². The van der Waals surface area contributed by atoms with E-state index in [-0.39, 0.29) is 11.6 Å². The standard InChI is InChI=1S/C25H23FN4O/c1-3-20(31)9-7-17-5-4-6-19(15-17)28-25-27-12-11-23(30-25)29-22-10-8-18-13-16(2)14-21(18)24(22)26/h4-12,14-15H,3,13H2,1-2H3,(H2,27,28,29,30)/b9-7+. The molecule has 1 heterocycles. The van der Waals surface area contributed by atoms with E-state index in [1.807, 2.05) is 50.3 Å². The van der Waals surface area contributed by atoms with Crippen LogP contribution < -0.4 is 10.6 Å². The van der Waals surface area contributed by atoms with Gasteiger partial charge in [-0.25, -0.2) is 9.37 Å². The van der Waals surface area contributed by atoms with Gasteiger partial charge in [0, 0.05) is 23.9 Å². The lowest BCUT2D eigenvalue weighted by Crippen LogP contribution is -2.02. The Morgan fingerprint density at radius 1 is 1.19 bits per heavy atom. The van der Waals surface area contributed by atoms with Gasteiger partial charge in [0.2, 0.25) is 5.95 Å². The van der Waals surface area contributed by atoms with E-state index in [0.29, 0.717) is 29.4 Å². The molecule has 4 rings (SSSR count). The highest BCUT2D eigenvalue weighted by molar-refractivity contribution is 5.93. The summed E-state index contributed by atoms with van der Waals surface area (Å²) in [7, 11) is 0. The number of halogens is 1. The first-order valence-corrected chi connectivity index (χ1v) is 10.2.